The van der Waals surface area contributed by atoms with Crippen LogP contribution >= 0.6 is 0 Å². The van der Waals surface area contributed by atoms with E-state index < -0.39 is 17.3 Å². The molecule has 1 aromatic heterocycles. The molecular weight excluding hydrogens is 154 g/mol. The monoisotopic (exact) mass is 159 g/mol. The van der Waals surface area contributed by atoms with Crippen molar-refractivity contribution >= 4 is 5.97 Å². The first-order chi connectivity index (χ1) is 5.11. The van der Waals surface area contributed by atoms with Crippen molar-refractivity contribution in [1.82, 2.24) is 14.9 Å². The second-order valence-electron chi connectivity index (χ2n) is 1.74. The van der Waals surface area contributed by atoms with Crippen LogP contribution in [-0.4, -0.2) is 20.9 Å². The second-order valence-corrected chi connectivity index (χ2v) is 1.74. The van der Waals surface area contributed by atoms with Crippen molar-refractivity contribution in [3.63, 3.8) is 0 Å². The molecule has 0 fully saturated rings. The van der Waals surface area contributed by atoms with E-state index in [1.54, 1.807) is 0 Å². The summed E-state index contributed by atoms with van der Waals surface area (Å²) in [7, 11) is 0. The van der Waals surface area contributed by atoms with Crippen LogP contribution in [0.1, 0.15) is 6.92 Å². The highest BCUT2D eigenvalue weighted by atomic mass is 16.7. The predicted octanol–water partition coefficient (Wildman–Crippen LogP) is -2.16. The van der Waals surface area contributed by atoms with Crippen molar-refractivity contribution in [2.75, 3.05) is 0 Å². The van der Waals surface area contributed by atoms with E-state index in [4.69, 9.17) is 0 Å². The highest BCUT2D eigenvalue weighted by Crippen LogP contribution is 1.62. The summed E-state index contributed by atoms with van der Waals surface area (Å²) in [5.41, 5.74) is -1.63. The van der Waals surface area contributed by atoms with E-state index in [0.717, 1.165) is 6.92 Å². The summed E-state index contributed by atoms with van der Waals surface area (Å²) in [6, 6.07) is 0. The fourth-order valence-electron chi connectivity index (χ4n) is 0.512. The lowest BCUT2D eigenvalue weighted by molar-refractivity contribution is -0.142. The van der Waals surface area contributed by atoms with E-state index in [-0.39, 0.29) is 0 Å². The Balaban J connectivity index is 3.12. The first kappa shape index (κ1) is 7.32. The van der Waals surface area contributed by atoms with Gasteiger partial charge in [0.05, 0.1) is 0 Å². The van der Waals surface area contributed by atoms with Crippen molar-refractivity contribution in [2.45, 2.75) is 6.92 Å². The topological polar surface area (TPSA) is 96.9 Å². The van der Waals surface area contributed by atoms with Crippen molar-refractivity contribution in [1.29, 1.82) is 0 Å². The second kappa shape index (κ2) is 2.45. The number of nitrogens with one attached hydrogen (secondary N) is 2. The lowest BCUT2D eigenvalue weighted by atomic mass is 10.8. The lowest BCUT2D eigenvalue weighted by Gasteiger charge is -1.93. The van der Waals surface area contributed by atoms with Gasteiger partial charge in [0.25, 0.3) is 0 Å². The van der Waals surface area contributed by atoms with Crippen LogP contribution < -0.4 is 16.2 Å². The number of aromatic nitrogens is 3. The Morgan fingerprint density at radius 1 is 1.36 bits per heavy atom. The normalized spacial score (nSPS) is 9.55. The number of rotatable bonds is 1. The molecule has 0 aliphatic carbocycles. The molecule has 7 heteroatoms. The third-order valence-electron chi connectivity index (χ3n) is 0.865. The van der Waals surface area contributed by atoms with E-state index in [1.165, 1.54) is 0 Å². The van der Waals surface area contributed by atoms with Gasteiger partial charge >= 0.3 is 17.3 Å². The van der Waals surface area contributed by atoms with Gasteiger partial charge in [-0.05, 0) is 0 Å². The molecule has 1 heterocycles. The van der Waals surface area contributed by atoms with Crippen molar-refractivity contribution < 1.29 is 9.63 Å². The Labute approximate surface area is 59.5 Å². The molecule has 0 saturated heterocycles. The summed E-state index contributed by atoms with van der Waals surface area (Å²) in [6.07, 6.45) is 0. The van der Waals surface area contributed by atoms with Crippen LogP contribution in [0.25, 0.3) is 0 Å². The number of hydrogen-bond acceptors (Lipinski definition) is 4. The van der Waals surface area contributed by atoms with Crippen LogP contribution in [-0.2, 0) is 4.79 Å². The molecule has 11 heavy (non-hydrogen) atoms. The molecular formula is C4H5N3O4. The van der Waals surface area contributed by atoms with Gasteiger partial charge in [-0.25, -0.2) is 24.6 Å². The van der Waals surface area contributed by atoms with Crippen LogP contribution in [0.3, 0.4) is 0 Å². The fourth-order valence-corrected chi connectivity index (χ4v) is 0.512. The summed E-state index contributed by atoms with van der Waals surface area (Å²) < 4.78 is 0.294. The number of carbonyl (C=O) groups is 1. The molecule has 60 valence electrons. The molecule has 2 N–H and O–H groups in total. The first-order valence-corrected chi connectivity index (χ1v) is 2.70. The Hall–Kier alpha value is -1.79. The van der Waals surface area contributed by atoms with Gasteiger partial charge in [0.1, 0.15) is 0 Å². The number of nitrogens with zero attached hydrogens (tertiary/aromatic N) is 1. The molecule has 7 nitrogen and oxygen atoms in total. The zero-order valence-corrected chi connectivity index (χ0v) is 5.58. The van der Waals surface area contributed by atoms with Gasteiger partial charge in [-0.15, -0.1) is 0 Å². The van der Waals surface area contributed by atoms with Crippen molar-refractivity contribution in [3.8, 4) is 0 Å². The van der Waals surface area contributed by atoms with Gasteiger partial charge in [0.2, 0.25) is 0 Å². The van der Waals surface area contributed by atoms with Gasteiger partial charge in [-0.3, -0.25) is 0 Å². The molecule has 0 saturated carbocycles. The highest BCUT2D eigenvalue weighted by Gasteiger charge is 2.04. The SMILES string of the molecule is CC(=O)On1c(=O)[nH][nH]c1=O. The van der Waals surface area contributed by atoms with E-state index in [9.17, 15) is 14.4 Å². The maximum atomic E-state index is 10.6. The zero-order valence-electron chi connectivity index (χ0n) is 5.58. The summed E-state index contributed by atoms with van der Waals surface area (Å²) in [4.78, 5) is 35.6. The van der Waals surface area contributed by atoms with Crippen LogP contribution in [0, 0.1) is 0 Å². The molecule has 0 unspecified atom stereocenters. The third-order valence-corrected chi connectivity index (χ3v) is 0.865. The van der Waals surface area contributed by atoms with Gasteiger partial charge in [-0.2, -0.15) is 0 Å². The molecule has 0 radical (unpaired) electrons. The van der Waals surface area contributed by atoms with E-state index in [0.29, 0.717) is 4.73 Å². The Morgan fingerprint density at radius 3 is 2.18 bits per heavy atom. The minimum absolute atomic E-state index is 0.294. The third kappa shape index (κ3) is 1.37. The average Bonchev–Trinajstić information content (AvgIpc) is 2.18. The Morgan fingerprint density at radius 2 is 1.82 bits per heavy atom. The van der Waals surface area contributed by atoms with E-state index in [1.807, 2.05) is 10.2 Å². The molecule has 0 amide bonds. The highest BCUT2D eigenvalue weighted by molar-refractivity contribution is 5.66. The number of carbonyl (C=O) groups excluding carboxylic acids is 1. The molecule has 1 aromatic rings. The first-order valence-electron chi connectivity index (χ1n) is 2.70. The average molecular weight is 159 g/mol. The summed E-state index contributed by atoms with van der Waals surface area (Å²) in [5.74, 6) is -0.739. The molecule has 0 bridgehead atoms. The zero-order chi connectivity index (χ0) is 8.43. The smallest absolute Gasteiger partial charge is 0.328 e. The minimum atomic E-state index is -0.815. The van der Waals surface area contributed by atoms with Gasteiger partial charge in [0.15, 0.2) is 0 Å². The van der Waals surface area contributed by atoms with Crippen LogP contribution in [0.5, 0.6) is 0 Å². The molecule has 0 atom stereocenters. The fraction of sp³-hybridized carbons (Fsp3) is 0.250. The number of aromatic amines is 2. The maximum absolute atomic E-state index is 10.6. The Kier molecular flexibility index (Phi) is 1.63. The summed E-state index contributed by atoms with van der Waals surface area (Å²) in [6.45, 7) is 1.08. The van der Waals surface area contributed by atoms with Gasteiger partial charge in [-0.1, -0.05) is 4.73 Å². The summed E-state index contributed by atoms with van der Waals surface area (Å²) >= 11 is 0. The summed E-state index contributed by atoms with van der Waals surface area (Å²) in [5, 5.41) is 3.87. The largest absolute Gasteiger partial charge is 0.378 e. The van der Waals surface area contributed by atoms with E-state index >= 15 is 0 Å². The molecule has 0 aliphatic rings. The molecule has 1 rings (SSSR count). The van der Waals surface area contributed by atoms with Crippen LogP contribution in [0.15, 0.2) is 9.59 Å². The molecule has 0 spiro atoms. The molecule has 0 aliphatic heterocycles. The van der Waals surface area contributed by atoms with Gasteiger partial charge in [0, 0.05) is 6.92 Å². The number of hydrogen-bond donors (Lipinski definition) is 2. The quantitative estimate of drug-likeness (QED) is 0.487. The van der Waals surface area contributed by atoms with Crippen molar-refractivity contribution in [3.05, 3.63) is 21.0 Å². The van der Waals surface area contributed by atoms with Crippen LogP contribution in [0.2, 0.25) is 0 Å². The van der Waals surface area contributed by atoms with Gasteiger partial charge < -0.3 is 4.84 Å². The predicted molar refractivity (Wildman–Crippen MR) is 32.9 cm³/mol. The lowest BCUT2D eigenvalue weighted by Crippen LogP contribution is -2.35. The Bertz CT molecular complexity index is 342. The van der Waals surface area contributed by atoms with Crippen molar-refractivity contribution in [2.24, 2.45) is 0 Å². The minimum Gasteiger partial charge on any atom is -0.328 e. The maximum Gasteiger partial charge on any atom is 0.378 e. The number of H-pyrrole nitrogens is 2. The van der Waals surface area contributed by atoms with E-state index in [2.05, 4.69) is 4.84 Å². The standard InChI is InChI=1S/C4H5N3O4/c1-2(8)11-7-3(9)5-6-4(7)10/h1H3,(H,5,9)(H,6,10). The van der Waals surface area contributed by atoms with Crippen LogP contribution in [0.4, 0.5) is 0 Å². The molecule has 0 aromatic carbocycles.